The molecule has 2 aromatic heterocycles. The van der Waals surface area contributed by atoms with Crippen LogP contribution in [0.25, 0.3) is 5.65 Å². The highest BCUT2D eigenvalue weighted by Crippen LogP contribution is 2.30. The number of rotatable bonds is 8. The van der Waals surface area contributed by atoms with E-state index in [0.717, 1.165) is 53.8 Å². The summed E-state index contributed by atoms with van der Waals surface area (Å²) in [4.78, 5) is 4.34. The lowest BCUT2D eigenvalue weighted by Gasteiger charge is -2.18. The third-order valence-corrected chi connectivity index (χ3v) is 5.57. The Bertz CT molecular complexity index is 1030. The average molecular weight is 423 g/mol. The van der Waals surface area contributed by atoms with Gasteiger partial charge in [-0.3, -0.25) is 9.39 Å². The number of ether oxygens (including phenoxy) is 2. The average Bonchev–Trinajstić information content (AvgIpc) is 3.47. The summed E-state index contributed by atoms with van der Waals surface area (Å²) in [6.45, 7) is 1.31. The Kier molecular flexibility index (Phi) is 6.86. The molecule has 31 heavy (non-hydrogen) atoms. The molecule has 0 spiro atoms. The van der Waals surface area contributed by atoms with Crippen molar-refractivity contribution in [3.63, 3.8) is 0 Å². The molecule has 4 rings (SSSR count). The molecule has 1 saturated carbocycles. The zero-order chi connectivity index (χ0) is 21.5. The molecule has 8 heteroatoms. The summed E-state index contributed by atoms with van der Waals surface area (Å²) in [5.41, 5.74) is 1.94. The maximum absolute atomic E-state index is 6.29. The number of hydrogen-bond acceptors (Lipinski definition) is 5. The van der Waals surface area contributed by atoms with E-state index in [1.165, 1.54) is 12.8 Å². The van der Waals surface area contributed by atoms with Crippen molar-refractivity contribution in [2.75, 3.05) is 20.7 Å². The number of nitrogens with zero attached hydrogens (tertiary/aromatic N) is 4. The summed E-state index contributed by atoms with van der Waals surface area (Å²) < 4.78 is 13.7. The van der Waals surface area contributed by atoms with E-state index in [1.807, 2.05) is 47.0 Å². The molecule has 1 aliphatic rings. The molecular weight excluding hydrogens is 392 g/mol. The van der Waals surface area contributed by atoms with Gasteiger partial charge in [0.2, 0.25) is 0 Å². The summed E-state index contributed by atoms with van der Waals surface area (Å²) >= 11 is 0. The topological polar surface area (TPSA) is 85.1 Å². The van der Waals surface area contributed by atoms with Gasteiger partial charge < -0.3 is 20.1 Å². The lowest BCUT2D eigenvalue weighted by Crippen LogP contribution is -2.38. The molecule has 0 amide bonds. The van der Waals surface area contributed by atoms with E-state index >= 15 is 0 Å². The van der Waals surface area contributed by atoms with Crippen molar-refractivity contribution in [3.8, 4) is 11.5 Å². The van der Waals surface area contributed by atoms with Crippen molar-refractivity contribution in [2.24, 2.45) is 4.99 Å². The quantitative estimate of drug-likeness (QED) is 0.429. The van der Waals surface area contributed by atoms with Crippen LogP contribution in [0.15, 0.2) is 47.6 Å². The fourth-order valence-electron chi connectivity index (χ4n) is 3.86. The monoisotopic (exact) mass is 422 g/mol. The molecular formula is C23H30N6O2. The van der Waals surface area contributed by atoms with E-state index in [4.69, 9.17) is 9.47 Å². The normalized spacial score (nSPS) is 14.7. The summed E-state index contributed by atoms with van der Waals surface area (Å²) in [7, 11) is 3.45. The predicted molar refractivity (Wildman–Crippen MR) is 121 cm³/mol. The SMILES string of the molecule is CN=C(NCCc1nnc2ccccn12)NCc1ccc(OC)cc1OC1CCCC1. The van der Waals surface area contributed by atoms with Crippen molar-refractivity contribution in [3.05, 3.63) is 54.0 Å². The maximum Gasteiger partial charge on any atom is 0.191 e. The number of aliphatic imine (C=N–C) groups is 1. The molecule has 0 bridgehead atoms. The molecule has 1 aromatic carbocycles. The molecule has 3 aromatic rings. The minimum absolute atomic E-state index is 0.293. The second kappa shape index (κ2) is 10.1. The van der Waals surface area contributed by atoms with Crippen LogP contribution in [0.2, 0.25) is 0 Å². The van der Waals surface area contributed by atoms with Gasteiger partial charge in [-0.15, -0.1) is 10.2 Å². The standard InChI is InChI=1S/C23H30N6O2/c1-24-23(25-13-12-22-28-27-21-9-5-6-14-29(21)22)26-16-17-10-11-19(30-2)15-20(17)31-18-7-3-4-8-18/h5-6,9-11,14-15,18H,3-4,7-8,12-13,16H2,1-2H3,(H2,24,25,26). The van der Waals surface area contributed by atoms with Gasteiger partial charge in [-0.05, 0) is 49.9 Å². The largest absolute Gasteiger partial charge is 0.497 e. The van der Waals surface area contributed by atoms with Crippen LogP contribution in [-0.4, -0.2) is 47.4 Å². The van der Waals surface area contributed by atoms with E-state index in [0.29, 0.717) is 19.2 Å². The number of aromatic nitrogens is 3. The molecule has 0 unspecified atom stereocenters. The van der Waals surface area contributed by atoms with Gasteiger partial charge in [0.05, 0.1) is 13.2 Å². The third kappa shape index (κ3) is 5.25. The van der Waals surface area contributed by atoms with Gasteiger partial charge in [0, 0.05) is 44.4 Å². The lowest BCUT2D eigenvalue weighted by atomic mass is 10.2. The van der Waals surface area contributed by atoms with Crippen LogP contribution in [0.3, 0.4) is 0 Å². The highest BCUT2D eigenvalue weighted by Gasteiger charge is 2.18. The van der Waals surface area contributed by atoms with Crippen LogP contribution >= 0.6 is 0 Å². The number of fused-ring (bicyclic) bond motifs is 1. The second-order valence-corrected chi connectivity index (χ2v) is 7.65. The van der Waals surface area contributed by atoms with E-state index < -0.39 is 0 Å². The van der Waals surface area contributed by atoms with Gasteiger partial charge >= 0.3 is 0 Å². The Hall–Kier alpha value is -3.29. The van der Waals surface area contributed by atoms with Crippen LogP contribution in [0, 0.1) is 0 Å². The van der Waals surface area contributed by atoms with E-state index in [-0.39, 0.29) is 0 Å². The van der Waals surface area contributed by atoms with E-state index in [1.54, 1.807) is 14.2 Å². The molecule has 164 valence electrons. The van der Waals surface area contributed by atoms with Crippen LogP contribution < -0.4 is 20.1 Å². The smallest absolute Gasteiger partial charge is 0.191 e. The van der Waals surface area contributed by atoms with Gasteiger partial charge in [0.15, 0.2) is 11.6 Å². The number of guanidine groups is 1. The molecule has 8 nitrogen and oxygen atoms in total. The number of methoxy groups -OCH3 is 1. The first-order valence-electron chi connectivity index (χ1n) is 10.8. The zero-order valence-corrected chi connectivity index (χ0v) is 18.2. The number of pyridine rings is 1. The second-order valence-electron chi connectivity index (χ2n) is 7.65. The van der Waals surface area contributed by atoms with Gasteiger partial charge in [-0.25, -0.2) is 0 Å². The highest BCUT2D eigenvalue weighted by molar-refractivity contribution is 5.79. The molecule has 0 radical (unpaired) electrons. The number of nitrogens with one attached hydrogen (secondary N) is 2. The van der Waals surface area contributed by atoms with Crippen LogP contribution in [0.4, 0.5) is 0 Å². The minimum atomic E-state index is 0.293. The predicted octanol–water partition coefficient (Wildman–Crippen LogP) is 2.97. The Morgan fingerprint density at radius 3 is 2.84 bits per heavy atom. The molecule has 2 heterocycles. The van der Waals surface area contributed by atoms with Crippen LogP contribution in [-0.2, 0) is 13.0 Å². The van der Waals surface area contributed by atoms with Crippen LogP contribution in [0.5, 0.6) is 11.5 Å². The summed E-state index contributed by atoms with van der Waals surface area (Å²) in [5.74, 6) is 3.33. The first-order valence-corrected chi connectivity index (χ1v) is 10.8. The van der Waals surface area contributed by atoms with E-state index in [2.05, 4.69) is 25.8 Å². The van der Waals surface area contributed by atoms with Crippen molar-refractivity contribution in [1.82, 2.24) is 25.2 Å². The number of hydrogen-bond donors (Lipinski definition) is 2. The van der Waals surface area contributed by atoms with Crippen molar-refractivity contribution in [1.29, 1.82) is 0 Å². The third-order valence-electron chi connectivity index (χ3n) is 5.57. The van der Waals surface area contributed by atoms with Crippen LogP contribution in [0.1, 0.15) is 37.1 Å². The Morgan fingerprint density at radius 2 is 2.03 bits per heavy atom. The maximum atomic E-state index is 6.29. The molecule has 0 atom stereocenters. The Morgan fingerprint density at radius 1 is 1.16 bits per heavy atom. The number of benzene rings is 1. The minimum Gasteiger partial charge on any atom is -0.497 e. The molecule has 1 aliphatic carbocycles. The molecule has 1 fully saturated rings. The zero-order valence-electron chi connectivity index (χ0n) is 18.2. The van der Waals surface area contributed by atoms with Crippen molar-refractivity contribution >= 4 is 11.6 Å². The van der Waals surface area contributed by atoms with Crippen molar-refractivity contribution in [2.45, 2.75) is 44.8 Å². The summed E-state index contributed by atoms with van der Waals surface area (Å²) in [6, 6.07) is 11.9. The summed E-state index contributed by atoms with van der Waals surface area (Å²) in [5, 5.41) is 15.2. The molecule has 2 N–H and O–H groups in total. The van der Waals surface area contributed by atoms with E-state index in [9.17, 15) is 0 Å². The fraction of sp³-hybridized carbons (Fsp3) is 0.435. The van der Waals surface area contributed by atoms with Gasteiger partial charge in [-0.2, -0.15) is 0 Å². The fourth-order valence-corrected chi connectivity index (χ4v) is 3.86. The first kappa shape index (κ1) is 21.0. The van der Waals surface area contributed by atoms with Gasteiger partial charge in [0.1, 0.15) is 17.3 Å². The van der Waals surface area contributed by atoms with Gasteiger partial charge in [0.25, 0.3) is 0 Å². The molecule has 0 aliphatic heterocycles. The first-order chi connectivity index (χ1) is 15.3. The highest BCUT2D eigenvalue weighted by atomic mass is 16.5. The Balaban J connectivity index is 1.33. The summed E-state index contributed by atoms with van der Waals surface area (Å²) in [6.07, 6.45) is 7.72. The Labute approximate surface area is 182 Å². The molecule has 0 saturated heterocycles. The van der Waals surface area contributed by atoms with Gasteiger partial charge in [-0.1, -0.05) is 6.07 Å². The van der Waals surface area contributed by atoms with Crippen molar-refractivity contribution < 1.29 is 9.47 Å². The lowest BCUT2D eigenvalue weighted by molar-refractivity contribution is 0.207.